The van der Waals surface area contributed by atoms with Gasteiger partial charge >= 0.3 is 0 Å². The Bertz CT molecular complexity index is 1650. The average Bonchev–Trinajstić information content (AvgIpc) is 3.12. The zero-order valence-corrected chi connectivity index (χ0v) is 19.9. The van der Waals surface area contributed by atoms with E-state index in [-0.39, 0.29) is 30.1 Å². The minimum absolute atomic E-state index is 0.133. The third kappa shape index (κ3) is 4.19. The highest BCUT2D eigenvalue weighted by molar-refractivity contribution is 6.31. The number of aryl methyl sites for hydroxylation is 2. The van der Waals surface area contributed by atoms with Gasteiger partial charge < -0.3 is 9.88 Å². The zero-order chi connectivity index (χ0) is 24.7. The normalized spacial score (nSPS) is 11.3. The maximum atomic E-state index is 14.1. The van der Waals surface area contributed by atoms with E-state index in [2.05, 4.69) is 10.3 Å². The van der Waals surface area contributed by atoms with Crippen LogP contribution < -0.4 is 10.9 Å². The number of para-hydroxylation sites is 1. The van der Waals surface area contributed by atoms with Gasteiger partial charge in [-0.05, 0) is 54.8 Å². The fourth-order valence-corrected chi connectivity index (χ4v) is 4.59. The Morgan fingerprint density at radius 1 is 1.06 bits per heavy atom. The lowest BCUT2D eigenvalue weighted by atomic mass is 10.1. The van der Waals surface area contributed by atoms with Gasteiger partial charge in [0.2, 0.25) is 5.91 Å². The molecule has 5 rings (SSSR count). The standard InChI is InChI=1S/C27H22ClFN4O2/c1-16-6-5-7-17(2)24(16)31-23(34)14-33-22-11-10-19(29)12-20(22)25-26(33)27(35)32(15-30-25)13-18-8-3-4-9-21(18)28/h3-12,15H,13-14H2,1-2H3,(H,31,34). The molecule has 2 heterocycles. The van der Waals surface area contributed by atoms with Gasteiger partial charge in [-0.2, -0.15) is 0 Å². The number of halogens is 2. The number of carbonyl (C=O) groups is 1. The number of fused-ring (bicyclic) bond motifs is 3. The van der Waals surface area contributed by atoms with Gasteiger partial charge in [0.1, 0.15) is 23.4 Å². The minimum Gasteiger partial charge on any atom is -0.325 e. The fourth-order valence-electron chi connectivity index (χ4n) is 4.39. The summed E-state index contributed by atoms with van der Waals surface area (Å²) >= 11 is 6.29. The second-order valence-electron chi connectivity index (χ2n) is 8.53. The number of carbonyl (C=O) groups excluding carboxylic acids is 1. The number of nitrogens with one attached hydrogen (secondary N) is 1. The van der Waals surface area contributed by atoms with Crippen LogP contribution in [0.25, 0.3) is 21.9 Å². The second-order valence-corrected chi connectivity index (χ2v) is 8.94. The van der Waals surface area contributed by atoms with E-state index in [1.54, 1.807) is 16.7 Å². The number of amides is 1. The highest BCUT2D eigenvalue weighted by Crippen LogP contribution is 2.27. The van der Waals surface area contributed by atoms with Crippen molar-refractivity contribution in [1.82, 2.24) is 14.1 Å². The van der Waals surface area contributed by atoms with Crippen molar-refractivity contribution in [3.63, 3.8) is 0 Å². The molecule has 0 bridgehead atoms. The molecule has 2 aromatic heterocycles. The van der Waals surface area contributed by atoms with Gasteiger partial charge in [-0.3, -0.25) is 14.2 Å². The van der Waals surface area contributed by atoms with Crippen molar-refractivity contribution >= 4 is 45.1 Å². The molecule has 176 valence electrons. The molecule has 1 amide bonds. The number of anilines is 1. The first-order valence-electron chi connectivity index (χ1n) is 11.1. The van der Waals surface area contributed by atoms with Crippen LogP contribution in [-0.4, -0.2) is 20.0 Å². The molecule has 0 radical (unpaired) electrons. The molecule has 0 atom stereocenters. The molecular formula is C27H22ClFN4O2. The molecule has 5 aromatic rings. The van der Waals surface area contributed by atoms with Gasteiger partial charge in [-0.1, -0.05) is 48.0 Å². The molecule has 0 spiro atoms. The topological polar surface area (TPSA) is 68.9 Å². The first-order valence-corrected chi connectivity index (χ1v) is 11.5. The number of nitrogens with zero attached hydrogens (tertiary/aromatic N) is 3. The number of hydrogen-bond acceptors (Lipinski definition) is 3. The van der Waals surface area contributed by atoms with Gasteiger partial charge in [0, 0.05) is 16.1 Å². The maximum Gasteiger partial charge on any atom is 0.278 e. The van der Waals surface area contributed by atoms with Crippen LogP contribution in [0, 0.1) is 19.7 Å². The SMILES string of the molecule is Cc1cccc(C)c1NC(=O)Cn1c2ccc(F)cc2c2ncn(Cc3ccccc3Cl)c(=O)c21. The van der Waals surface area contributed by atoms with Gasteiger partial charge in [-0.15, -0.1) is 0 Å². The maximum absolute atomic E-state index is 14.1. The third-order valence-electron chi connectivity index (χ3n) is 6.13. The predicted molar refractivity (Wildman–Crippen MR) is 137 cm³/mol. The average molecular weight is 489 g/mol. The lowest BCUT2D eigenvalue weighted by Gasteiger charge is -2.13. The van der Waals surface area contributed by atoms with Crippen LogP contribution in [0.1, 0.15) is 16.7 Å². The molecular weight excluding hydrogens is 467 g/mol. The molecule has 0 saturated heterocycles. The molecule has 0 fully saturated rings. The molecule has 6 nitrogen and oxygen atoms in total. The number of rotatable bonds is 5. The predicted octanol–water partition coefficient (Wildman–Crippen LogP) is 5.45. The van der Waals surface area contributed by atoms with Gasteiger partial charge in [-0.25, -0.2) is 9.37 Å². The van der Waals surface area contributed by atoms with E-state index < -0.39 is 5.82 Å². The van der Waals surface area contributed by atoms with Gasteiger partial charge in [0.25, 0.3) is 5.56 Å². The lowest BCUT2D eigenvalue weighted by molar-refractivity contribution is -0.116. The van der Waals surface area contributed by atoms with Crippen LogP contribution in [0.15, 0.2) is 71.8 Å². The van der Waals surface area contributed by atoms with E-state index in [4.69, 9.17) is 11.6 Å². The van der Waals surface area contributed by atoms with Crippen molar-refractivity contribution < 1.29 is 9.18 Å². The molecule has 35 heavy (non-hydrogen) atoms. The summed E-state index contributed by atoms with van der Waals surface area (Å²) in [5, 5.41) is 3.97. The number of hydrogen-bond donors (Lipinski definition) is 1. The summed E-state index contributed by atoms with van der Waals surface area (Å²) < 4.78 is 17.2. The fraction of sp³-hybridized carbons (Fsp3) is 0.148. The molecule has 0 aliphatic carbocycles. The third-order valence-corrected chi connectivity index (χ3v) is 6.50. The Morgan fingerprint density at radius 3 is 2.54 bits per heavy atom. The molecule has 3 aromatic carbocycles. The first kappa shape index (κ1) is 22.8. The van der Waals surface area contributed by atoms with Crippen molar-refractivity contribution in [2.75, 3.05) is 5.32 Å². The van der Waals surface area contributed by atoms with Crippen LogP contribution in [0.3, 0.4) is 0 Å². The number of benzene rings is 3. The van der Waals surface area contributed by atoms with Crippen molar-refractivity contribution in [3.05, 3.63) is 105 Å². The van der Waals surface area contributed by atoms with E-state index in [9.17, 15) is 14.0 Å². The van der Waals surface area contributed by atoms with Crippen LogP contribution in [0.5, 0.6) is 0 Å². The summed E-state index contributed by atoms with van der Waals surface area (Å²) in [7, 11) is 0. The molecule has 0 unspecified atom stereocenters. The lowest BCUT2D eigenvalue weighted by Crippen LogP contribution is -2.26. The summed E-state index contributed by atoms with van der Waals surface area (Å²) in [4.78, 5) is 31.2. The monoisotopic (exact) mass is 488 g/mol. The van der Waals surface area contributed by atoms with E-state index in [1.165, 1.54) is 23.0 Å². The summed E-state index contributed by atoms with van der Waals surface area (Å²) in [5.74, 6) is -0.745. The summed E-state index contributed by atoms with van der Waals surface area (Å²) in [6.07, 6.45) is 1.43. The van der Waals surface area contributed by atoms with E-state index >= 15 is 0 Å². The molecule has 0 aliphatic rings. The Morgan fingerprint density at radius 2 is 1.80 bits per heavy atom. The van der Waals surface area contributed by atoms with E-state index in [1.807, 2.05) is 50.2 Å². The van der Waals surface area contributed by atoms with Crippen molar-refractivity contribution in [3.8, 4) is 0 Å². The van der Waals surface area contributed by atoms with Crippen molar-refractivity contribution in [2.45, 2.75) is 26.9 Å². The molecule has 0 aliphatic heterocycles. The first-order chi connectivity index (χ1) is 16.8. The Hall–Kier alpha value is -3.97. The Kier molecular flexibility index (Phi) is 5.86. The van der Waals surface area contributed by atoms with Crippen molar-refractivity contribution in [1.29, 1.82) is 0 Å². The van der Waals surface area contributed by atoms with Crippen LogP contribution in [-0.2, 0) is 17.9 Å². The van der Waals surface area contributed by atoms with Gasteiger partial charge in [0.15, 0.2) is 0 Å². The van der Waals surface area contributed by atoms with Crippen LogP contribution >= 0.6 is 11.6 Å². The summed E-state index contributed by atoms with van der Waals surface area (Å²) in [6.45, 7) is 3.92. The molecule has 1 N–H and O–H groups in total. The second kappa shape index (κ2) is 9.00. The van der Waals surface area contributed by atoms with Gasteiger partial charge in [0.05, 0.1) is 18.4 Å². The summed E-state index contributed by atoms with van der Waals surface area (Å²) in [6, 6.07) is 17.2. The molecule has 8 heteroatoms. The van der Waals surface area contributed by atoms with Crippen molar-refractivity contribution in [2.24, 2.45) is 0 Å². The van der Waals surface area contributed by atoms with Crippen LogP contribution in [0.2, 0.25) is 5.02 Å². The van der Waals surface area contributed by atoms with Crippen LogP contribution in [0.4, 0.5) is 10.1 Å². The number of aromatic nitrogens is 3. The highest BCUT2D eigenvalue weighted by atomic mass is 35.5. The molecule has 0 saturated carbocycles. The quantitative estimate of drug-likeness (QED) is 0.358. The Balaban J connectivity index is 1.62. The summed E-state index contributed by atoms with van der Waals surface area (Å²) in [5.41, 5.74) is 4.16. The highest BCUT2D eigenvalue weighted by Gasteiger charge is 2.20. The zero-order valence-electron chi connectivity index (χ0n) is 19.2. The smallest absolute Gasteiger partial charge is 0.278 e. The minimum atomic E-state index is -0.446. The van der Waals surface area contributed by atoms with E-state index in [0.29, 0.717) is 21.4 Å². The van der Waals surface area contributed by atoms with E-state index in [0.717, 1.165) is 22.4 Å². The largest absolute Gasteiger partial charge is 0.325 e. The Labute approximate surface area is 205 Å².